The highest BCUT2D eigenvalue weighted by Gasteiger charge is 1.90. The Morgan fingerprint density at radius 1 is 1.62 bits per heavy atom. The molecular weight excluding hydrogens is 104 g/mol. The summed E-state index contributed by atoms with van der Waals surface area (Å²) in [6, 6.07) is 0. The second-order valence-electron chi connectivity index (χ2n) is 1.81. The Morgan fingerprint density at radius 2 is 2.25 bits per heavy atom. The molecule has 0 unspecified atom stereocenters. The first-order chi connectivity index (χ1) is 3.81. The fraction of sp³-hybridized carbons (Fsp3) is 1.00. The van der Waals surface area contributed by atoms with Crippen molar-refractivity contribution in [2.24, 2.45) is 0 Å². The van der Waals surface area contributed by atoms with E-state index in [1.807, 2.05) is 19.0 Å². The van der Waals surface area contributed by atoms with Gasteiger partial charge in [0.05, 0.1) is 6.61 Å². The number of aliphatic hydroxyl groups excluding tert-OH is 1. The summed E-state index contributed by atoms with van der Waals surface area (Å²) in [6.07, 6.45) is 0. The Kier molecular flexibility index (Phi) is 4.95. The minimum Gasteiger partial charge on any atom is -0.395 e. The van der Waals surface area contributed by atoms with Crippen molar-refractivity contribution in [2.45, 2.75) is 0 Å². The van der Waals surface area contributed by atoms with Gasteiger partial charge < -0.3 is 10.4 Å². The normalized spacial score (nSPS) is 10.5. The second kappa shape index (κ2) is 5.03. The number of nitrogens with one attached hydrogen (secondary N) is 1. The van der Waals surface area contributed by atoms with E-state index in [0.29, 0.717) is 0 Å². The lowest BCUT2D eigenvalue weighted by Crippen LogP contribution is -2.30. The van der Waals surface area contributed by atoms with Crippen LogP contribution in [-0.2, 0) is 0 Å². The molecule has 0 aromatic heterocycles. The van der Waals surface area contributed by atoms with E-state index in [4.69, 9.17) is 5.11 Å². The Hall–Kier alpha value is -0.120. The smallest absolute Gasteiger partial charge is 0.0558 e. The largest absolute Gasteiger partial charge is 0.395 e. The highest BCUT2D eigenvalue weighted by atomic mass is 16.3. The van der Waals surface area contributed by atoms with Gasteiger partial charge in [-0.2, -0.15) is 0 Å². The average molecular weight is 118 g/mol. The summed E-state index contributed by atoms with van der Waals surface area (Å²) in [5.74, 6) is 0. The monoisotopic (exact) mass is 118 g/mol. The number of rotatable bonds is 4. The Bertz CT molecular complexity index is 43.7. The van der Waals surface area contributed by atoms with Crippen molar-refractivity contribution in [3.8, 4) is 0 Å². The zero-order valence-electron chi connectivity index (χ0n) is 5.52. The van der Waals surface area contributed by atoms with E-state index < -0.39 is 0 Å². The molecule has 0 fully saturated rings. The average Bonchev–Trinajstić information content (AvgIpc) is 1.68. The summed E-state index contributed by atoms with van der Waals surface area (Å²) in [4.78, 5) is 2.00. The molecule has 3 nitrogen and oxygen atoms in total. The van der Waals surface area contributed by atoms with Gasteiger partial charge in [-0.1, -0.05) is 0 Å². The van der Waals surface area contributed by atoms with Crippen molar-refractivity contribution in [1.82, 2.24) is 10.2 Å². The van der Waals surface area contributed by atoms with Crippen LogP contribution in [0.15, 0.2) is 0 Å². The molecule has 0 amide bonds. The van der Waals surface area contributed by atoms with Gasteiger partial charge in [0.15, 0.2) is 0 Å². The molecule has 0 aliphatic carbocycles. The topological polar surface area (TPSA) is 35.5 Å². The molecule has 0 saturated heterocycles. The maximum Gasteiger partial charge on any atom is 0.0558 e. The molecule has 0 atom stereocenters. The van der Waals surface area contributed by atoms with Gasteiger partial charge in [-0.3, -0.25) is 4.90 Å². The third-order valence-electron chi connectivity index (χ3n) is 0.910. The standard InChI is InChI=1S/C5H14N2O/c1-6-5-7(2)3-4-8/h6,8H,3-5H2,1-2H3. The highest BCUT2D eigenvalue weighted by Crippen LogP contribution is 1.73. The fourth-order valence-corrected chi connectivity index (χ4v) is 0.520. The third-order valence-corrected chi connectivity index (χ3v) is 0.910. The van der Waals surface area contributed by atoms with Crippen molar-refractivity contribution >= 4 is 0 Å². The quantitative estimate of drug-likeness (QED) is 0.469. The molecule has 0 spiro atoms. The molecule has 0 radical (unpaired) electrons. The molecule has 50 valence electrons. The van der Waals surface area contributed by atoms with Crippen LogP contribution in [0.4, 0.5) is 0 Å². The molecule has 3 heteroatoms. The zero-order valence-corrected chi connectivity index (χ0v) is 5.52. The Labute approximate surface area is 50.3 Å². The van der Waals surface area contributed by atoms with Crippen LogP contribution in [0.1, 0.15) is 0 Å². The minimum absolute atomic E-state index is 0.234. The van der Waals surface area contributed by atoms with Crippen molar-refractivity contribution < 1.29 is 5.11 Å². The predicted octanol–water partition coefficient (Wildman–Crippen LogP) is -0.913. The summed E-state index contributed by atoms with van der Waals surface area (Å²) in [5, 5.41) is 11.4. The summed E-state index contributed by atoms with van der Waals surface area (Å²) in [5.41, 5.74) is 0. The number of nitrogens with zero attached hydrogens (tertiary/aromatic N) is 1. The lowest BCUT2D eigenvalue weighted by Gasteiger charge is -2.12. The molecule has 0 rings (SSSR count). The number of hydrogen-bond donors (Lipinski definition) is 2. The molecule has 0 aliphatic heterocycles. The van der Waals surface area contributed by atoms with Gasteiger partial charge in [0.2, 0.25) is 0 Å². The first-order valence-corrected chi connectivity index (χ1v) is 2.75. The van der Waals surface area contributed by atoms with Gasteiger partial charge in [0.25, 0.3) is 0 Å². The lowest BCUT2D eigenvalue weighted by molar-refractivity contribution is 0.216. The molecule has 0 heterocycles. The van der Waals surface area contributed by atoms with Crippen LogP contribution in [0, 0.1) is 0 Å². The maximum absolute atomic E-state index is 8.39. The van der Waals surface area contributed by atoms with E-state index in [2.05, 4.69) is 5.32 Å². The van der Waals surface area contributed by atoms with Crippen LogP contribution in [0.2, 0.25) is 0 Å². The number of hydrogen-bond acceptors (Lipinski definition) is 3. The lowest BCUT2D eigenvalue weighted by atomic mass is 10.6. The first-order valence-electron chi connectivity index (χ1n) is 2.75. The van der Waals surface area contributed by atoms with E-state index in [0.717, 1.165) is 13.2 Å². The van der Waals surface area contributed by atoms with E-state index in [1.54, 1.807) is 0 Å². The van der Waals surface area contributed by atoms with Crippen molar-refractivity contribution in [3.63, 3.8) is 0 Å². The van der Waals surface area contributed by atoms with Crippen LogP contribution in [0.25, 0.3) is 0 Å². The summed E-state index contributed by atoms with van der Waals surface area (Å²) in [7, 11) is 3.83. The molecule has 0 aromatic carbocycles. The summed E-state index contributed by atoms with van der Waals surface area (Å²) < 4.78 is 0. The molecule has 2 N–H and O–H groups in total. The van der Waals surface area contributed by atoms with E-state index in [1.165, 1.54) is 0 Å². The molecule has 0 aliphatic rings. The van der Waals surface area contributed by atoms with E-state index in [-0.39, 0.29) is 6.61 Å². The molecule has 0 saturated carbocycles. The predicted molar refractivity (Wildman–Crippen MR) is 33.6 cm³/mol. The molecule has 0 aromatic rings. The van der Waals surface area contributed by atoms with Crippen LogP contribution in [-0.4, -0.2) is 43.9 Å². The Morgan fingerprint density at radius 3 is 2.62 bits per heavy atom. The van der Waals surface area contributed by atoms with Gasteiger partial charge in [-0.15, -0.1) is 0 Å². The molecule has 8 heavy (non-hydrogen) atoms. The molecular formula is C5H14N2O. The van der Waals surface area contributed by atoms with Gasteiger partial charge in [-0.25, -0.2) is 0 Å². The number of aliphatic hydroxyl groups is 1. The summed E-state index contributed by atoms with van der Waals surface area (Å²) >= 11 is 0. The SMILES string of the molecule is CNCN(C)CCO. The first kappa shape index (κ1) is 7.88. The number of likely N-dealkylation sites (N-methyl/N-ethyl adjacent to an activating group) is 1. The summed E-state index contributed by atoms with van der Waals surface area (Å²) in [6.45, 7) is 1.81. The van der Waals surface area contributed by atoms with Gasteiger partial charge in [0.1, 0.15) is 0 Å². The zero-order chi connectivity index (χ0) is 6.41. The second-order valence-corrected chi connectivity index (χ2v) is 1.81. The van der Waals surface area contributed by atoms with Gasteiger partial charge >= 0.3 is 0 Å². The van der Waals surface area contributed by atoms with E-state index in [9.17, 15) is 0 Å². The molecule has 0 bridgehead atoms. The third kappa shape index (κ3) is 4.05. The van der Waals surface area contributed by atoms with Crippen LogP contribution >= 0.6 is 0 Å². The minimum atomic E-state index is 0.234. The van der Waals surface area contributed by atoms with Crippen LogP contribution in [0.3, 0.4) is 0 Å². The van der Waals surface area contributed by atoms with Crippen molar-refractivity contribution in [3.05, 3.63) is 0 Å². The maximum atomic E-state index is 8.39. The highest BCUT2D eigenvalue weighted by molar-refractivity contribution is 4.43. The van der Waals surface area contributed by atoms with Crippen molar-refractivity contribution in [2.75, 3.05) is 33.9 Å². The van der Waals surface area contributed by atoms with Crippen LogP contribution < -0.4 is 5.32 Å². The van der Waals surface area contributed by atoms with E-state index >= 15 is 0 Å². The van der Waals surface area contributed by atoms with Gasteiger partial charge in [-0.05, 0) is 14.1 Å². The van der Waals surface area contributed by atoms with Crippen molar-refractivity contribution in [1.29, 1.82) is 0 Å². The fourth-order valence-electron chi connectivity index (χ4n) is 0.520. The Balaban J connectivity index is 2.92. The van der Waals surface area contributed by atoms with Gasteiger partial charge in [0, 0.05) is 13.2 Å². The van der Waals surface area contributed by atoms with Crippen LogP contribution in [0.5, 0.6) is 0 Å².